The van der Waals surface area contributed by atoms with E-state index in [0.29, 0.717) is 11.3 Å². The Morgan fingerprint density at radius 2 is 1.75 bits per heavy atom. The minimum Gasteiger partial charge on any atom is -0.497 e. The summed E-state index contributed by atoms with van der Waals surface area (Å²) in [5, 5.41) is 10.7. The van der Waals surface area contributed by atoms with E-state index in [0.717, 1.165) is 12.1 Å². The van der Waals surface area contributed by atoms with E-state index in [1.54, 1.807) is 12.1 Å². The van der Waals surface area contributed by atoms with Crippen LogP contribution in [0.25, 0.3) is 0 Å². The molecule has 0 radical (unpaired) electrons. The molecule has 0 unspecified atom stereocenters. The fraction of sp³-hybridized carbons (Fsp3) is 0.0714. The molecule has 0 aromatic heterocycles. The molecule has 20 heavy (non-hydrogen) atoms. The molecule has 0 aliphatic carbocycles. The van der Waals surface area contributed by atoms with Crippen LogP contribution in [-0.4, -0.2) is 17.8 Å². The van der Waals surface area contributed by atoms with E-state index < -0.39 is 22.2 Å². The second-order valence-corrected chi connectivity index (χ2v) is 3.98. The van der Waals surface area contributed by atoms with Gasteiger partial charge in [-0.25, -0.2) is 0 Å². The number of benzene rings is 2. The quantitative estimate of drug-likeness (QED) is 0.488. The van der Waals surface area contributed by atoms with Gasteiger partial charge in [0.1, 0.15) is 5.75 Å². The second kappa shape index (κ2) is 5.48. The number of carbonyl (C=O) groups is 1. The average molecular weight is 275 g/mol. The van der Waals surface area contributed by atoms with E-state index in [4.69, 9.17) is 4.74 Å². The molecule has 0 saturated carbocycles. The molecule has 0 heterocycles. The lowest BCUT2D eigenvalue weighted by Gasteiger charge is -2.03. The highest BCUT2D eigenvalue weighted by Gasteiger charge is 2.18. The molecule has 0 aliphatic heterocycles. The minimum atomic E-state index is -0.971. The van der Waals surface area contributed by atoms with Crippen molar-refractivity contribution in [3.8, 4) is 5.75 Å². The molecule has 0 spiro atoms. The number of nitrogens with zero attached hydrogens (tertiary/aromatic N) is 1. The SMILES string of the molecule is COc1ccc(C(=O)c2ccc(F)c([N+](=O)[O-])c2)cc1. The summed E-state index contributed by atoms with van der Waals surface area (Å²) in [6, 6.07) is 9.34. The summed E-state index contributed by atoms with van der Waals surface area (Å²) in [4.78, 5) is 21.9. The van der Waals surface area contributed by atoms with Gasteiger partial charge in [-0.3, -0.25) is 14.9 Å². The highest BCUT2D eigenvalue weighted by molar-refractivity contribution is 6.09. The smallest absolute Gasteiger partial charge is 0.305 e. The third-order valence-electron chi connectivity index (χ3n) is 2.76. The van der Waals surface area contributed by atoms with Crippen LogP contribution < -0.4 is 4.74 Å². The van der Waals surface area contributed by atoms with E-state index in [-0.39, 0.29) is 5.56 Å². The van der Waals surface area contributed by atoms with Crippen molar-refractivity contribution < 1.29 is 18.8 Å². The Balaban J connectivity index is 2.37. The van der Waals surface area contributed by atoms with Crippen LogP contribution in [0, 0.1) is 15.9 Å². The molecule has 0 aliphatic rings. The summed E-state index contributed by atoms with van der Waals surface area (Å²) in [5.41, 5.74) is -0.320. The number of methoxy groups -OCH3 is 1. The third-order valence-corrected chi connectivity index (χ3v) is 2.76. The lowest BCUT2D eigenvalue weighted by atomic mass is 10.0. The van der Waals surface area contributed by atoms with Gasteiger partial charge in [0.25, 0.3) is 0 Å². The number of ether oxygens (including phenoxy) is 1. The molecule has 0 fully saturated rings. The van der Waals surface area contributed by atoms with Gasteiger partial charge < -0.3 is 4.74 Å². The first-order valence-corrected chi connectivity index (χ1v) is 5.65. The van der Waals surface area contributed by atoms with Gasteiger partial charge >= 0.3 is 5.69 Å². The second-order valence-electron chi connectivity index (χ2n) is 3.98. The van der Waals surface area contributed by atoms with Crippen LogP contribution in [0.3, 0.4) is 0 Å². The highest BCUT2D eigenvalue weighted by atomic mass is 19.1. The first-order chi connectivity index (χ1) is 9.52. The number of nitro benzene ring substituents is 1. The van der Waals surface area contributed by atoms with Gasteiger partial charge in [-0.2, -0.15) is 4.39 Å². The zero-order chi connectivity index (χ0) is 14.7. The summed E-state index contributed by atoms with van der Waals surface area (Å²) in [5.74, 6) is -0.802. The van der Waals surface area contributed by atoms with Crippen molar-refractivity contribution in [2.75, 3.05) is 7.11 Å². The number of hydrogen-bond acceptors (Lipinski definition) is 4. The number of hydrogen-bond donors (Lipinski definition) is 0. The number of ketones is 1. The van der Waals surface area contributed by atoms with Crippen molar-refractivity contribution in [1.82, 2.24) is 0 Å². The Bertz CT molecular complexity index is 667. The molecule has 5 nitrogen and oxygen atoms in total. The lowest BCUT2D eigenvalue weighted by Crippen LogP contribution is -2.03. The number of halogens is 1. The van der Waals surface area contributed by atoms with E-state index in [9.17, 15) is 19.3 Å². The van der Waals surface area contributed by atoms with Gasteiger partial charge in [-0.05, 0) is 36.4 Å². The predicted octanol–water partition coefficient (Wildman–Crippen LogP) is 2.97. The van der Waals surface area contributed by atoms with Crippen molar-refractivity contribution in [3.05, 3.63) is 69.5 Å². The van der Waals surface area contributed by atoms with Gasteiger partial charge in [0.15, 0.2) is 5.78 Å². The van der Waals surface area contributed by atoms with Crippen LogP contribution in [-0.2, 0) is 0 Å². The van der Waals surface area contributed by atoms with Crippen LogP contribution >= 0.6 is 0 Å². The first-order valence-electron chi connectivity index (χ1n) is 5.65. The molecule has 2 rings (SSSR count). The first kappa shape index (κ1) is 13.7. The van der Waals surface area contributed by atoms with E-state index >= 15 is 0 Å². The Hall–Kier alpha value is -2.76. The number of nitro groups is 1. The Kier molecular flexibility index (Phi) is 3.74. The zero-order valence-electron chi connectivity index (χ0n) is 10.5. The lowest BCUT2D eigenvalue weighted by molar-refractivity contribution is -0.387. The average Bonchev–Trinajstić information content (AvgIpc) is 2.47. The van der Waals surface area contributed by atoms with Gasteiger partial charge in [0.05, 0.1) is 12.0 Å². The maximum Gasteiger partial charge on any atom is 0.305 e. The molecule has 0 amide bonds. The summed E-state index contributed by atoms with van der Waals surface area (Å²) < 4.78 is 18.2. The summed E-state index contributed by atoms with van der Waals surface area (Å²) in [7, 11) is 1.50. The normalized spacial score (nSPS) is 10.1. The predicted molar refractivity (Wildman–Crippen MR) is 69.5 cm³/mol. The third kappa shape index (κ3) is 2.64. The van der Waals surface area contributed by atoms with Crippen LogP contribution in [0.1, 0.15) is 15.9 Å². The Labute approximate surface area is 113 Å². The van der Waals surface area contributed by atoms with Crippen molar-refractivity contribution >= 4 is 11.5 Å². The topological polar surface area (TPSA) is 69.4 Å². The molecular weight excluding hydrogens is 265 g/mol. The molecule has 6 heteroatoms. The van der Waals surface area contributed by atoms with Gasteiger partial charge in [-0.15, -0.1) is 0 Å². The van der Waals surface area contributed by atoms with E-state index in [1.165, 1.54) is 25.3 Å². The summed E-state index contributed by atoms with van der Waals surface area (Å²) in [6.45, 7) is 0. The van der Waals surface area contributed by atoms with Gasteiger partial charge in [-0.1, -0.05) is 0 Å². The van der Waals surface area contributed by atoms with Crippen LogP contribution in [0.15, 0.2) is 42.5 Å². The molecule has 0 N–H and O–H groups in total. The molecule has 0 bridgehead atoms. The Morgan fingerprint density at radius 1 is 1.15 bits per heavy atom. The van der Waals surface area contributed by atoms with Crippen molar-refractivity contribution in [3.63, 3.8) is 0 Å². The van der Waals surface area contributed by atoms with Crippen LogP contribution in [0.5, 0.6) is 5.75 Å². The van der Waals surface area contributed by atoms with Gasteiger partial charge in [0, 0.05) is 17.2 Å². The molecular formula is C14H10FNO4. The summed E-state index contributed by atoms with van der Waals surface area (Å²) in [6.07, 6.45) is 0. The van der Waals surface area contributed by atoms with Crippen LogP contribution in [0.2, 0.25) is 0 Å². The van der Waals surface area contributed by atoms with Crippen molar-refractivity contribution in [2.24, 2.45) is 0 Å². The largest absolute Gasteiger partial charge is 0.497 e. The monoisotopic (exact) mass is 275 g/mol. The fourth-order valence-electron chi connectivity index (χ4n) is 1.70. The number of carbonyl (C=O) groups excluding carboxylic acids is 1. The summed E-state index contributed by atoms with van der Waals surface area (Å²) >= 11 is 0. The number of rotatable bonds is 4. The maximum atomic E-state index is 13.2. The van der Waals surface area contributed by atoms with Gasteiger partial charge in [0.2, 0.25) is 5.82 Å². The molecule has 0 atom stereocenters. The van der Waals surface area contributed by atoms with Crippen molar-refractivity contribution in [1.29, 1.82) is 0 Å². The zero-order valence-corrected chi connectivity index (χ0v) is 10.5. The highest BCUT2D eigenvalue weighted by Crippen LogP contribution is 2.21. The minimum absolute atomic E-state index is 0.0586. The van der Waals surface area contributed by atoms with E-state index in [2.05, 4.69) is 0 Å². The van der Waals surface area contributed by atoms with Crippen molar-refractivity contribution in [2.45, 2.75) is 0 Å². The van der Waals surface area contributed by atoms with Crippen LogP contribution in [0.4, 0.5) is 10.1 Å². The van der Waals surface area contributed by atoms with E-state index in [1.807, 2.05) is 0 Å². The standard InChI is InChI=1S/C14H10FNO4/c1-20-11-5-2-9(3-6-11)14(17)10-4-7-12(15)13(8-10)16(18)19/h2-8H,1H3. The molecule has 2 aromatic rings. The molecule has 102 valence electrons. The maximum absolute atomic E-state index is 13.2. The fourth-order valence-corrected chi connectivity index (χ4v) is 1.70. The molecule has 0 saturated heterocycles. The Morgan fingerprint density at radius 3 is 2.30 bits per heavy atom. The molecule has 2 aromatic carbocycles.